The Morgan fingerprint density at radius 1 is 1.05 bits per heavy atom. The molecule has 1 atom stereocenters. The fraction of sp³-hybridized carbons (Fsp3) is 0.375. The molecule has 1 aliphatic heterocycles. The van der Waals surface area contributed by atoms with Crippen molar-refractivity contribution in [1.29, 1.82) is 0 Å². The van der Waals surface area contributed by atoms with E-state index in [2.05, 4.69) is 9.97 Å². The van der Waals surface area contributed by atoms with Gasteiger partial charge in [0.05, 0.1) is 5.56 Å². The van der Waals surface area contributed by atoms with Crippen LogP contribution in [0.5, 0.6) is 0 Å². The number of ether oxygens (including phenoxy) is 1. The molecule has 3 rings (SSSR count). The van der Waals surface area contributed by atoms with Crippen LogP contribution < -0.4 is 0 Å². The number of benzene rings is 1. The fourth-order valence-corrected chi connectivity index (χ4v) is 3.20. The van der Waals surface area contributed by atoms with E-state index in [1.165, 1.54) is 0 Å². The van der Waals surface area contributed by atoms with Crippen LogP contribution in [-0.2, 0) is 10.3 Å². The molecule has 0 bridgehead atoms. The maximum Gasteiger partial charge on any atom is 0.163 e. The van der Waals surface area contributed by atoms with Gasteiger partial charge in [-0.15, -0.1) is 0 Å². The van der Waals surface area contributed by atoms with Gasteiger partial charge in [0.15, 0.2) is 5.82 Å². The minimum absolute atomic E-state index is 0.367. The molecule has 5 heteroatoms. The maximum atomic E-state index is 6.36. The van der Waals surface area contributed by atoms with E-state index in [-0.39, 0.29) is 0 Å². The van der Waals surface area contributed by atoms with Gasteiger partial charge >= 0.3 is 0 Å². The van der Waals surface area contributed by atoms with Gasteiger partial charge in [-0.25, -0.2) is 9.97 Å². The van der Waals surface area contributed by atoms with Crippen molar-refractivity contribution in [2.75, 3.05) is 6.61 Å². The zero-order valence-corrected chi connectivity index (χ0v) is 13.3. The van der Waals surface area contributed by atoms with Crippen molar-refractivity contribution in [3.8, 4) is 11.1 Å². The molecule has 1 fully saturated rings. The molecule has 1 saturated heterocycles. The first kappa shape index (κ1) is 14.8. The van der Waals surface area contributed by atoms with Crippen molar-refractivity contribution in [3.63, 3.8) is 0 Å². The Morgan fingerprint density at radius 2 is 1.71 bits per heavy atom. The van der Waals surface area contributed by atoms with Crippen LogP contribution in [0.3, 0.4) is 0 Å². The van der Waals surface area contributed by atoms with E-state index in [1.807, 2.05) is 37.3 Å². The summed E-state index contributed by atoms with van der Waals surface area (Å²) >= 11 is 12.7. The Morgan fingerprint density at radius 3 is 2.29 bits per heavy atom. The molecule has 21 heavy (non-hydrogen) atoms. The van der Waals surface area contributed by atoms with Gasteiger partial charge in [-0.1, -0.05) is 53.5 Å². The molecular weight excluding hydrogens is 307 g/mol. The molecule has 2 heterocycles. The van der Waals surface area contributed by atoms with Gasteiger partial charge in [-0.3, -0.25) is 0 Å². The average Bonchev–Trinajstić information content (AvgIpc) is 2.48. The molecule has 1 aromatic carbocycles. The van der Waals surface area contributed by atoms with E-state index >= 15 is 0 Å². The third-order valence-corrected chi connectivity index (χ3v) is 4.37. The van der Waals surface area contributed by atoms with Crippen molar-refractivity contribution in [3.05, 3.63) is 46.5 Å². The first-order valence-corrected chi connectivity index (χ1v) is 7.79. The summed E-state index contributed by atoms with van der Waals surface area (Å²) in [6, 6.07) is 9.68. The summed E-state index contributed by atoms with van der Waals surface area (Å²) in [5.74, 6) is 0.567. The van der Waals surface area contributed by atoms with E-state index in [0.717, 1.165) is 31.4 Å². The summed E-state index contributed by atoms with van der Waals surface area (Å²) in [7, 11) is 0. The van der Waals surface area contributed by atoms with Gasteiger partial charge in [-0.05, 0) is 31.7 Å². The zero-order valence-electron chi connectivity index (χ0n) is 11.8. The molecule has 0 N–H and O–H groups in total. The molecular formula is C16H16Cl2N2O. The topological polar surface area (TPSA) is 35.0 Å². The average molecular weight is 323 g/mol. The molecule has 0 saturated carbocycles. The predicted octanol–water partition coefficient (Wildman–Crippen LogP) is 4.87. The summed E-state index contributed by atoms with van der Waals surface area (Å²) in [6.45, 7) is 2.71. The number of halogens is 2. The smallest absolute Gasteiger partial charge is 0.163 e. The van der Waals surface area contributed by atoms with Crippen molar-refractivity contribution in [2.24, 2.45) is 0 Å². The molecule has 0 amide bonds. The highest BCUT2D eigenvalue weighted by atomic mass is 35.5. The molecule has 110 valence electrons. The maximum absolute atomic E-state index is 6.36. The van der Waals surface area contributed by atoms with Gasteiger partial charge in [-0.2, -0.15) is 0 Å². The second kappa shape index (κ2) is 5.91. The van der Waals surface area contributed by atoms with Crippen molar-refractivity contribution in [1.82, 2.24) is 9.97 Å². The Labute approximate surface area is 134 Å². The van der Waals surface area contributed by atoms with Crippen molar-refractivity contribution < 1.29 is 4.74 Å². The molecule has 0 spiro atoms. The molecule has 0 aliphatic carbocycles. The lowest BCUT2D eigenvalue weighted by Crippen LogP contribution is -2.32. The first-order chi connectivity index (χ1) is 10.1. The Bertz CT molecular complexity index is 617. The van der Waals surface area contributed by atoms with Gasteiger partial charge in [0.1, 0.15) is 15.9 Å². The second-order valence-corrected chi connectivity index (χ2v) is 6.12. The van der Waals surface area contributed by atoms with Crippen LogP contribution in [0.25, 0.3) is 11.1 Å². The second-order valence-electron chi connectivity index (χ2n) is 5.41. The lowest BCUT2D eigenvalue weighted by Gasteiger charge is -2.32. The van der Waals surface area contributed by atoms with Crippen molar-refractivity contribution in [2.45, 2.75) is 31.8 Å². The third-order valence-electron chi connectivity index (χ3n) is 3.82. The number of hydrogen-bond acceptors (Lipinski definition) is 3. The summed E-state index contributed by atoms with van der Waals surface area (Å²) in [6.07, 6.45) is 3.04. The highest BCUT2D eigenvalue weighted by molar-refractivity contribution is 6.37. The molecule has 2 aromatic rings. The molecule has 1 aromatic heterocycles. The number of rotatable bonds is 2. The molecule has 0 radical (unpaired) electrons. The minimum Gasteiger partial charge on any atom is -0.367 e. The third kappa shape index (κ3) is 2.91. The molecule has 1 unspecified atom stereocenters. The van der Waals surface area contributed by atoms with Crippen molar-refractivity contribution >= 4 is 23.2 Å². The number of nitrogens with zero attached hydrogens (tertiary/aromatic N) is 2. The fourth-order valence-electron chi connectivity index (χ4n) is 2.60. The summed E-state index contributed by atoms with van der Waals surface area (Å²) in [4.78, 5) is 8.90. The van der Waals surface area contributed by atoms with Crippen LogP contribution in [-0.4, -0.2) is 16.6 Å². The van der Waals surface area contributed by atoms with Crippen LogP contribution >= 0.6 is 23.2 Å². The SMILES string of the molecule is CC1(c2nc(Cl)c(-c3ccccc3)c(Cl)n2)CCCCO1. The highest BCUT2D eigenvalue weighted by Crippen LogP contribution is 2.37. The Kier molecular flexibility index (Phi) is 4.16. The van der Waals surface area contributed by atoms with E-state index in [1.54, 1.807) is 0 Å². The Balaban J connectivity index is 2.04. The standard InChI is InChI=1S/C16H16Cl2N2O/c1-16(9-5-6-10-21-16)15-19-13(17)12(14(18)20-15)11-7-3-2-4-8-11/h2-4,7-8H,5-6,9-10H2,1H3. The lowest BCUT2D eigenvalue weighted by atomic mass is 9.95. The van der Waals surface area contributed by atoms with Crippen LogP contribution in [0.15, 0.2) is 30.3 Å². The highest BCUT2D eigenvalue weighted by Gasteiger charge is 2.34. The molecule has 3 nitrogen and oxygen atoms in total. The van der Waals surface area contributed by atoms with E-state index in [4.69, 9.17) is 27.9 Å². The lowest BCUT2D eigenvalue weighted by molar-refractivity contribution is -0.0760. The number of aromatic nitrogens is 2. The first-order valence-electron chi connectivity index (χ1n) is 7.03. The van der Waals surface area contributed by atoms with Gasteiger partial charge in [0.2, 0.25) is 0 Å². The van der Waals surface area contributed by atoms with Gasteiger partial charge < -0.3 is 4.74 Å². The predicted molar refractivity (Wildman–Crippen MR) is 84.6 cm³/mol. The van der Waals surface area contributed by atoms with E-state index in [0.29, 0.717) is 21.7 Å². The largest absolute Gasteiger partial charge is 0.367 e. The normalized spacial score (nSPS) is 22.2. The van der Waals surface area contributed by atoms with E-state index in [9.17, 15) is 0 Å². The monoisotopic (exact) mass is 322 g/mol. The Hall–Kier alpha value is -1.16. The van der Waals surface area contributed by atoms with Gasteiger partial charge in [0.25, 0.3) is 0 Å². The number of hydrogen-bond donors (Lipinski definition) is 0. The summed E-state index contributed by atoms with van der Waals surface area (Å²) in [5, 5.41) is 0.734. The summed E-state index contributed by atoms with van der Waals surface area (Å²) in [5.41, 5.74) is 1.08. The summed E-state index contributed by atoms with van der Waals surface area (Å²) < 4.78 is 5.86. The van der Waals surface area contributed by atoms with Crippen LogP contribution in [0.4, 0.5) is 0 Å². The van der Waals surface area contributed by atoms with Crippen LogP contribution in [0.2, 0.25) is 10.3 Å². The quantitative estimate of drug-likeness (QED) is 0.740. The minimum atomic E-state index is -0.499. The van der Waals surface area contributed by atoms with Crippen LogP contribution in [0, 0.1) is 0 Å². The molecule has 1 aliphatic rings. The van der Waals surface area contributed by atoms with Gasteiger partial charge in [0, 0.05) is 6.61 Å². The van der Waals surface area contributed by atoms with E-state index < -0.39 is 5.60 Å². The zero-order chi connectivity index (χ0) is 14.9. The van der Waals surface area contributed by atoms with Crippen LogP contribution in [0.1, 0.15) is 32.0 Å².